The molecular formula is C13H5BrCl3N3OS2. The molecule has 3 aromatic rings. The van der Waals surface area contributed by atoms with E-state index >= 15 is 0 Å². The van der Waals surface area contributed by atoms with Crippen molar-refractivity contribution in [3.05, 3.63) is 47.6 Å². The highest BCUT2D eigenvalue weighted by Gasteiger charge is 2.16. The fourth-order valence-electron chi connectivity index (χ4n) is 1.72. The van der Waals surface area contributed by atoms with Crippen LogP contribution in [0.5, 0.6) is 0 Å². The van der Waals surface area contributed by atoms with Crippen LogP contribution in [-0.4, -0.2) is 15.9 Å². The number of hydrogen-bond donors (Lipinski definition) is 1. The molecule has 3 aromatic heterocycles. The van der Waals surface area contributed by atoms with Crippen LogP contribution in [0.15, 0.2) is 28.2 Å². The summed E-state index contributed by atoms with van der Waals surface area (Å²) in [4.78, 5) is 20.5. The quantitative estimate of drug-likeness (QED) is 0.462. The number of aromatic nitrogens is 2. The van der Waals surface area contributed by atoms with E-state index in [2.05, 4.69) is 31.2 Å². The molecule has 0 aliphatic rings. The zero-order valence-electron chi connectivity index (χ0n) is 10.9. The Labute approximate surface area is 162 Å². The minimum atomic E-state index is -0.390. The Morgan fingerprint density at radius 1 is 1.26 bits per heavy atom. The maximum absolute atomic E-state index is 12.3. The summed E-state index contributed by atoms with van der Waals surface area (Å²) in [7, 11) is 0. The Morgan fingerprint density at radius 3 is 2.74 bits per heavy atom. The van der Waals surface area contributed by atoms with Gasteiger partial charge in [-0.3, -0.25) is 10.1 Å². The summed E-state index contributed by atoms with van der Waals surface area (Å²) in [5.41, 5.74) is 1.65. The molecule has 3 rings (SSSR count). The van der Waals surface area contributed by atoms with Crippen molar-refractivity contribution in [3.63, 3.8) is 0 Å². The van der Waals surface area contributed by atoms with E-state index in [0.717, 1.165) is 5.56 Å². The van der Waals surface area contributed by atoms with Crippen LogP contribution in [-0.2, 0) is 0 Å². The lowest BCUT2D eigenvalue weighted by Gasteiger charge is -2.03. The Morgan fingerprint density at radius 2 is 2.04 bits per heavy atom. The van der Waals surface area contributed by atoms with Gasteiger partial charge in [-0.05, 0) is 28.1 Å². The maximum atomic E-state index is 12.3. The molecule has 0 aliphatic carbocycles. The summed E-state index contributed by atoms with van der Waals surface area (Å²) in [6.07, 6.45) is 1.52. The van der Waals surface area contributed by atoms with E-state index in [1.807, 2.05) is 0 Å². The van der Waals surface area contributed by atoms with Crippen molar-refractivity contribution in [3.8, 4) is 11.3 Å². The van der Waals surface area contributed by atoms with Crippen molar-refractivity contribution < 1.29 is 4.79 Å². The highest BCUT2D eigenvalue weighted by molar-refractivity contribution is 9.10. The topological polar surface area (TPSA) is 54.9 Å². The van der Waals surface area contributed by atoms with Gasteiger partial charge in [0.1, 0.15) is 9.49 Å². The van der Waals surface area contributed by atoms with Crippen LogP contribution in [0, 0.1) is 0 Å². The standard InChI is InChI=1S/C13H5BrCl3N3OS2/c14-5-1-7(10(16)18-3-5)12(21)20-13-19-8(4-22-13)6-2-9(15)23-11(6)17/h1-4H,(H,19,20,21). The zero-order valence-corrected chi connectivity index (χ0v) is 16.4. The van der Waals surface area contributed by atoms with Crippen LogP contribution in [0.4, 0.5) is 5.13 Å². The first kappa shape index (κ1) is 17.1. The van der Waals surface area contributed by atoms with Gasteiger partial charge in [-0.25, -0.2) is 9.97 Å². The number of pyridine rings is 1. The molecule has 0 spiro atoms. The van der Waals surface area contributed by atoms with E-state index in [1.165, 1.54) is 28.9 Å². The first-order valence-electron chi connectivity index (χ1n) is 5.97. The van der Waals surface area contributed by atoms with Crippen LogP contribution in [0.1, 0.15) is 10.4 Å². The highest BCUT2D eigenvalue weighted by atomic mass is 79.9. The third-order valence-corrected chi connectivity index (χ3v) is 5.69. The molecule has 4 nitrogen and oxygen atoms in total. The lowest BCUT2D eigenvalue weighted by molar-refractivity contribution is 0.102. The Balaban J connectivity index is 1.83. The fraction of sp³-hybridized carbons (Fsp3) is 0. The first-order chi connectivity index (χ1) is 10.9. The molecule has 10 heteroatoms. The van der Waals surface area contributed by atoms with Gasteiger partial charge >= 0.3 is 0 Å². The third kappa shape index (κ3) is 3.87. The Kier molecular flexibility index (Phi) is 5.25. The van der Waals surface area contributed by atoms with E-state index in [0.29, 0.717) is 24.0 Å². The van der Waals surface area contributed by atoms with E-state index in [-0.39, 0.29) is 16.6 Å². The lowest BCUT2D eigenvalue weighted by Crippen LogP contribution is -2.12. The summed E-state index contributed by atoms with van der Waals surface area (Å²) in [5, 5.41) is 5.04. The van der Waals surface area contributed by atoms with Gasteiger partial charge in [-0.15, -0.1) is 22.7 Å². The van der Waals surface area contributed by atoms with Gasteiger partial charge in [0.25, 0.3) is 5.91 Å². The van der Waals surface area contributed by atoms with E-state index < -0.39 is 0 Å². The normalized spacial score (nSPS) is 10.8. The third-order valence-electron chi connectivity index (χ3n) is 2.71. The van der Waals surface area contributed by atoms with E-state index in [1.54, 1.807) is 17.5 Å². The minimum absolute atomic E-state index is 0.121. The molecule has 0 aliphatic heterocycles. The molecule has 0 saturated carbocycles. The molecule has 0 bridgehead atoms. The van der Waals surface area contributed by atoms with E-state index in [4.69, 9.17) is 34.8 Å². The summed E-state index contributed by atoms with van der Waals surface area (Å²) >= 11 is 23.8. The second-order valence-electron chi connectivity index (χ2n) is 4.22. The maximum Gasteiger partial charge on any atom is 0.260 e. The predicted octanol–water partition coefficient (Wildman–Crippen LogP) is 6.24. The number of halogens is 4. The van der Waals surface area contributed by atoms with Crippen LogP contribution in [0.25, 0.3) is 11.3 Å². The van der Waals surface area contributed by atoms with Crippen LogP contribution < -0.4 is 5.32 Å². The number of nitrogens with zero attached hydrogens (tertiary/aromatic N) is 2. The fourth-order valence-corrected chi connectivity index (χ4v) is 4.42. The average Bonchev–Trinajstić information content (AvgIpc) is 3.07. The number of amides is 1. The SMILES string of the molecule is O=C(Nc1nc(-c2cc(Cl)sc2Cl)cs1)c1cc(Br)cnc1Cl. The van der Waals surface area contributed by atoms with Crippen LogP contribution >= 0.6 is 73.4 Å². The van der Waals surface area contributed by atoms with Gasteiger partial charge in [0, 0.05) is 21.6 Å². The van der Waals surface area contributed by atoms with Crippen LogP contribution in [0.3, 0.4) is 0 Å². The van der Waals surface area contributed by atoms with Crippen molar-refractivity contribution in [1.29, 1.82) is 0 Å². The zero-order chi connectivity index (χ0) is 16.6. The summed E-state index contributed by atoms with van der Waals surface area (Å²) in [6.45, 7) is 0. The smallest absolute Gasteiger partial charge is 0.260 e. The van der Waals surface area contributed by atoms with Crippen molar-refractivity contribution in [1.82, 2.24) is 9.97 Å². The van der Waals surface area contributed by atoms with Crippen molar-refractivity contribution in [2.75, 3.05) is 5.32 Å². The molecule has 118 valence electrons. The highest BCUT2D eigenvalue weighted by Crippen LogP contribution is 2.39. The van der Waals surface area contributed by atoms with Gasteiger partial charge in [0.05, 0.1) is 15.6 Å². The summed E-state index contributed by atoms with van der Waals surface area (Å²) in [5.74, 6) is -0.390. The number of carbonyl (C=O) groups excluding carboxylic acids is 1. The predicted molar refractivity (Wildman–Crippen MR) is 100 cm³/mol. The molecule has 3 heterocycles. The number of hydrogen-bond acceptors (Lipinski definition) is 5. The van der Waals surface area contributed by atoms with E-state index in [9.17, 15) is 4.79 Å². The number of thiophene rings is 1. The lowest BCUT2D eigenvalue weighted by atomic mass is 10.3. The Hall–Kier alpha value is -0.700. The first-order valence-corrected chi connectivity index (χ1v) is 9.59. The molecule has 0 fully saturated rings. The molecule has 0 radical (unpaired) electrons. The number of nitrogens with one attached hydrogen (secondary N) is 1. The van der Waals surface area contributed by atoms with Crippen molar-refractivity contribution in [2.45, 2.75) is 0 Å². The molecule has 1 amide bonds. The second-order valence-corrected chi connectivity index (χ2v) is 8.64. The molecule has 0 unspecified atom stereocenters. The Bertz CT molecular complexity index is 896. The monoisotopic (exact) mass is 467 g/mol. The molecule has 0 atom stereocenters. The number of anilines is 1. The van der Waals surface area contributed by atoms with Gasteiger partial charge in [-0.2, -0.15) is 0 Å². The van der Waals surface area contributed by atoms with Crippen molar-refractivity contribution >= 4 is 84.4 Å². The summed E-state index contributed by atoms with van der Waals surface area (Å²) < 4.78 is 1.79. The molecular weight excluding hydrogens is 465 g/mol. The summed E-state index contributed by atoms with van der Waals surface area (Å²) in [6, 6.07) is 3.33. The van der Waals surface area contributed by atoms with Crippen molar-refractivity contribution in [2.24, 2.45) is 0 Å². The molecule has 0 aromatic carbocycles. The number of rotatable bonds is 3. The van der Waals surface area contributed by atoms with Gasteiger partial charge in [-0.1, -0.05) is 34.8 Å². The molecule has 1 N–H and O–H groups in total. The largest absolute Gasteiger partial charge is 0.298 e. The second kappa shape index (κ2) is 7.04. The number of carbonyl (C=O) groups is 1. The average molecular weight is 470 g/mol. The van der Waals surface area contributed by atoms with Gasteiger partial charge in [0.15, 0.2) is 5.13 Å². The van der Waals surface area contributed by atoms with Gasteiger partial charge < -0.3 is 0 Å². The minimum Gasteiger partial charge on any atom is -0.298 e. The van der Waals surface area contributed by atoms with Gasteiger partial charge in [0.2, 0.25) is 0 Å². The molecule has 0 saturated heterocycles. The van der Waals surface area contributed by atoms with Crippen LogP contribution in [0.2, 0.25) is 13.8 Å². The molecule has 23 heavy (non-hydrogen) atoms. The number of thiazole rings is 1.